The van der Waals surface area contributed by atoms with Gasteiger partial charge in [-0.1, -0.05) is 72.8 Å². The van der Waals surface area contributed by atoms with Crippen LogP contribution in [0, 0.1) is 5.82 Å². The summed E-state index contributed by atoms with van der Waals surface area (Å²) in [5.41, 5.74) is 2.95. The number of halogens is 1. The van der Waals surface area contributed by atoms with Crippen molar-refractivity contribution in [2.24, 2.45) is 0 Å². The number of hydrogen-bond acceptors (Lipinski definition) is 2. The average Bonchev–Trinajstić information content (AvgIpc) is 2.63. The molecule has 2 nitrogen and oxygen atoms in total. The minimum absolute atomic E-state index is 0.235. The molecule has 0 radical (unpaired) electrons. The first kappa shape index (κ1) is 17.3. The lowest BCUT2D eigenvalue weighted by atomic mass is 10.1. The summed E-state index contributed by atoms with van der Waals surface area (Å²) in [7, 11) is 0. The van der Waals surface area contributed by atoms with Gasteiger partial charge in [-0.2, -0.15) is 0 Å². The molecule has 0 saturated carbocycles. The van der Waals surface area contributed by atoms with Crippen LogP contribution < -0.4 is 0 Å². The van der Waals surface area contributed by atoms with Crippen molar-refractivity contribution in [1.29, 1.82) is 0 Å². The van der Waals surface area contributed by atoms with Gasteiger partial charge in [-0.15, -0.1) is 0 Å². The zero-order valence-electron chi connectivity index (χ0n) is 14.1. The Balaban J connectivity index is 1.76. The van der Waals surface area contributed by atoms with Crippen LogP contribution in [0.4, 0.5) is 4.39 Å². The van der Waals surface area contributed by atoms with Crippen molar-refractivity contribution < 1.29 is 9.50 Å². The smallest absolute Gasteiger partial charge is 0.123 e. The summed E-state index contributed by atoms with van der Waals surface area (Å²) in [6.45, 7) is 1.76. The van der Waals surface area contributed by atoms with E-state index in [1.54, 1.807) is 12.1 Å². The van der Waals surface area contributed by atoms with Crippen molar-refractivity contribution in [1.82, 2.24) is 4.90 Å². The Labute approximate surface area is 148 Å². The molecule has 0 fully saturated rings. The highest BCUT2D eigenvalue weighted by molar-refractivity contribution is 5.20. The van der Waals surface area contributed by atoms with E-state index in [1.807, 2.05) is 54.6 Å². The van der Waals surface area contributed by atoms with Gasteiger partial charge < -0.3 is 5.11 Å². The maximum atomic E-state index is 13.5. The van der Waals surface area contributed by atoms with Crippen molar-refractivity contribution in [2.75, 3.05) is 6.54 Å². The summed E-state index contributed by atoms with van der Waals surface area (Å²) in [6.07, 6.45) is -0.585. The minimum atomic E-state index is -0.585. The molecule has 0 aromatic heterocycles. The topological polar surface area (TPSA) is 23.5 Å². The van der Waals surface area contributed by atoms with Crippen LogP contribution >= 0.6 is 0 Å². The fourth-order valence-corrected chi connectivity index (χ4v) is 2.95. The van der Waals surface area contributed by atoms with Crippen molar-refractivity contribution in [3.05, 3.63) is 107 Å². The molecule has 0 aliphatic heterocycles. The predicted molar refractivity (Wildman–Crippen MR) is 98.4 cm³/mol. The molecule has 1 N–H and O–H groups in total. The van der Waals surface area contributed by atoms with Gasteiger partial charge in [0.15, 0.2) is 0 Å². The van der Waals surface area contributed by atoms with E-state index >= 15 is 0 Å². The minimum Gasteiger partial charge on any atom is -0.387 e. The molecule has 0 bridgehead atoms. The van der Waals surface area contributed by atoms with Crippen LogP contribution in [0.2, 0.25) is 0 Å². The summed E-state index contributed by atoms with van der Waals surface area (Å²) >= 11 is 0. The van der Waals surface area contributed by atoms with Crippen molar-refractivity contribution >= 4 is 0 Å². The molecule has 3 heteroatoms. The van der Waals surface area contributed by atoms with Gasteiger partial charge in [0.25, 0.3) is 0 Å². The second kappa shape index (κ2) is 8.56. The Morgan fingerprint density at radius 2 is 1.36 bits per heavy atom. The number of hydrogen-bond donors (Lipinski definition) is 1. The summed E-state index contributed by atoms with van der Waals surface area (Å²) in [6, 6.07) is 26.4. The van der Waals surface area contributed by atoms with Crippen LogP contribution in [0.1, 0.15) is 22.8 Å². The van der Waals surface area contributed by atoms with Crippen molar-refractivity contribution in [3.8, 4) is 0 Å². The molecule has 0 heterocycles. The molecule has 1 atom stereocenters. The van der Waals surface area contributed by atoms with Crippen LogP contribution in [0.25, 0.3) is 0 Å². The molecule has 25 heavy (non-hydrogen) atoms. The van der Waals surface area contributed by atoms with Crippen LogP contribution in [0.5, 0.6) is 0 Å². The normalized spacial score (nSPS) is 12.3. The molecule has 0 spiro atoms. The average molecular weight is 335 g/mol. The van der Waals surface area contributed by atoms with Gasteiger partial charge in [0.1, 0.15) is 5.82 Å². The zero-order valence-corrected chi connectivity index (χ0v) is 14.1. The van der Waals surface area contributed by atoms with E-state index in [0.29, 0.717) is 19.6 Å². The van der Waals surface area contributed by atoms with Gasteiger partial charge >= 0.3 is 0 Å². The van der Waals surface area contributed by atoms with Gasteiger partial charge in [-0.25, -0.2) is 4.39 Å². The Hall–Kier alpha value is -2.49. The molecule has 0 saturated heterocycles. The third kappa shape index (κ3) is 5.24. The van der Waals surface area contributed by atoms with E-state index in [2.05, 4.69) is 17.0 Å². The van der Waals surface area contributed by atoms with E-state index < -0.39 is 6.10 Å². The molecule has 3 aromatic carbocycles. The van der Waals surface area contributed by atoms with Gasteiger partial charge in [0.05, 0.1) is 6.10 Å². The molecular formula is C22H22FNO. The lowest BCUT2D eigenvalue weighted by molar-refractivity contribution is 0.105. The summed E-state index contributed by atoms with van der Waals surface area (Å²) in [5.74, 6) is -0.235. The fraction of sp³-hybridized carbons (Fsp3) is 0.182. The maximum absolute atomic E-state index is 13.5. The van der Waals surface area contributed by atoms with Gasteiger partial charge in [-0.3, -0.25) is 4.90 Å². The van der Waals surface area contributed by atoms with Gasteiger partial charge in [-0.05, 0) is 28.8 Å². The molecule has 128 valence electrons. The van der Waals surface area contributed by atoms with E-state index in [0.717, 1.165) is 11.1 Å². The largest absolute Gasteiger partial charge is 0.387 e. The maximum Gasteiger partial charge on any atom is 0.123 e. The summed E-state index contributed by atoms with van der Waals surface area (Å²) < 4.78 is 13.5. The van der Waals surface area contributed by atoms with Crippen molar-refractivity contribution in [3.63, 3.8) is 0 Å². The Morgan fingerprint density at radius 3 is 2.04 bits per heavy atom. The van der Waals surface area contributed by atoms with Gasteiger partial charge in [0.2, 0.25) is 0 Å². The van der Waals surface area contributed by atoms with Crippen LogP contribution in [-0.2, 0) is 13.1 Å². The highest BCUT2D eigenvalue weighted by Crippen LogP contribution is 2.18. The summed E-state index contributed by atoms with van der Waals surface area (Å²) in [5, 5.41) is 10.6. The van der Waals surface area contributed by atoms with Gasteiger partial charge in [0, 0.05) is 19.6 Å². The van der Waals surface area contributed by atoms with Crippen LogP contribution in [-0.4, -0.2) is 16.6 Å². The Bertz CT molecular complexity index is 776. The molecule has 0 aliphatic carbocycles. The second-order valence-corrected chi connectivity index (χ2v) is 6.21. The fourth-order valence-electron chi connectivity index (χ4n) is 2.95. The zero-order chi connectivity index (χ0) is 17.5. The SMILES string of the molecule is OC(CN(Cc1ccccc1)Cc1cccc(F)c1)c1ccccc1. The monoisotopic (exact) mass is 335 g/mol. The van der Waals surface area contributed by atoms with Crippen LogP contribution in [0.15, 0.2) is 84.9 Å². The Kier molecular flexibility index (Phi) is 5.94. The third-order valence-electron chi connectivity index (χ3n) is 4.16. The standard InChI is InChI=1S/C22H22FNO/c23-21-13-7-10-19(14-21)16-24(15-18-8-3-1-4-9-18)17-22(25)20-11-5-2-6-12-20/h1-14,22,25H,15-17H2. The van der Waals surface area contributed by atoms with E-state index in [-0.39, 0.29) is 5.82 Å². The number of benzene rings is 3. The number of aliphatic hydroxyl groups is 1. The third-order valence-corrected chi connectivity index (χ3v) is 4.16. The summed E-state index contributed by atoms with van der Waals surface area (Å²) in [4.78, 5) is 2.14. The number of rotatable bonds is 7. The van der Waals surface area contributed by atoms with E-state index in [1.165, 1.54) is 11.6 Å². The highest BCUT2D eigenvalue weighted by atomic mass is 19.1. The quantitative estimate of drug-likeness (QED) is 0.684. The Morgan fingerprint density at radius 1 is 0.760 bits per heavy atom. The molecule has 0 aliphatic rings. The molecule has 1 unspecified atom stereocenters. The first-order valence-electron chi connectivity index (χ1n) is 8.44. The predicted octanol–water partition coefficient (Wildman–Crippen LogP) is 4.56. The van der Waals surface area contributed by atoms with E-state index in [4.69, 9.17) is 0 Å². The van der Waals surface area contributed by atoms with E-state index in [9.17, 15) is 9.50 Å². The first-order valence-corrected chi connectivity index (χ1v) is 8.44. The molecular weight excluding hydrogens is 313 g/mol. The number of aliphatic hydroxyl groups excluding tert-OH is 1. The lowest BCUT2D eigenvalue weighted by Gasteiger charge is -2.25. The first-order chi connectivity index (χ1) is 12.2. The van der Waals surface area contributed by atoms with Crippen molar-refractivity contribution in [2.45, 2.75) is 19.2 Å². The van der Waals surface area contributed by atoms with Crippen LogP contribution in [0.3, 0.4) is 0 Å². The molecule has 0 amide bonds. The second-order valence-electron chi connectivity index (χ2n) is 6.21. The molecule has 3 aromatic rings. The lowest BCUT2D eigenvalue weighted by Crippen LogP contribution is -2.28. The molecule has 3 rings (SSSR count). The number of nitrogens with zero attached hydrogens (tertiary/aromatic N) is 1. The highest BCUT2D eigenvalue weighted by Gasteiger charge is 2.14.